The van der Waals surface area contributed by atoms with Crippen LogP contribution < -0.4 is 5.32 Å². The average Bonchev–Trinajstić information content (AvgIpc) is 2.49. The summed E-state index contributed by atoms with van der Waals surface area (Å²) >= 11 is 0. The van der Waals surface area contributed by atoms with E-state index in [9.17, 15) is 9.90 Å². The molecular weight excluding hydrogens is 240 g/mol. The number of aliphatic hydroxyl groups is 1. The van der Waals surface area contributed by atoms with Gasteiger partial charge in [0.05, 0.1) is 12.1 Å². The molecule has 1 fully saturated rings. The first-order valence-corrected chi connectivity index (χ1v) is 7.43. The van der Waals surface area contributed by atoms with Gasteiger partial charge in [-0.25, -0.2) is 4.79 Å². The van der Waals surface area contributed by atoms with E-state index in [0.717, 1.165) is 6.54 Å². The molecule has 1 saturated carbocycles. The maximum absolute atomic E-state index is 12.0. The smallest absolute Gasteiger partial charge is 0.317 e. The number of hydrogen-bond donors (Lipinski definition) is 2. The molecule has 1 aliphatic carbocycles. The molecule has 4 heteroatoms. The van der Waals surface area contributed by atoms with Gasteiger partial charge >= 0.3 is 6.03 Å². The lowest BCUT2D eigenvalue weighted by Crippen LogP contribution is -2.47. The van der Waals surface area contributed by atoms with Gasteiger partial charge in [0.1, 0.15) is 0 Å². The lowest BCUT2D eigenvalue weighted by Gasteiger charge is -2.31. The van der Waals surface area contributed by atoms with Crippen LogP contribution in [-0.4, -0.2) is 41.8 Å². The summed E-state index contributed by atoms with van der Waals surface area (Å²) in [5.74, 6) is 0. The van der Waals surface area contributed by atoms with Crippen LogP contribution in [0.5, 0.6) is 0 Å². The van der Waals surface area contributed by atoms with Crippen LogP contribution >= 0.6 is 0 Å². The van der Waals surface area contributed by atoms with E-state index < -0.39 is 5.60 Å². The summed E-state index contributed by atoms with van der Waals surface area (Å²) in [5.41, 5.74) is -0.611. The number of amides is 2. The van der Waals surface area contributed by atoms with Crippen LogP contribution in [0, 0.1) is 5.41 Å². The second-order valence-corrected chi connectivity index (χ2v) is 7.05. The van der Waals surface area contributed by atoms with Crippen molar-refractivity contribution in [2.24, 2.45) is 5.41 Å². The Bertz CT molecular complexity index is 289. The minimum absolute atomic E-state index is 0.0902. The Morgan fingerprint density at radius 2 is 1.79 bits per heavy atom. The molecule has 0 aromatic carbocycles. The summed E-state index contributed by atoms with van der Waals surface area (Å²) in [6, 6.07) is -0.0902. The molecule has 1 aliphatic rings. The highest BCUT2D eigenvalue weighted by Crippen LogP contribution is 2.33. The fourth-order valence-electron chi connectivity index (χ4n) is 2.84. The Morgan fingerprint density at radius 3 is 2.26 bits per heavy atom. The number of carbonyl (C=O) groups excluding carboxylic acids is 1. The van der Waals surface area contributed by atoms with Gasteiger partial charge in [-0.2, -0.15) is 0 Å². The Labute approximate surface area is 117 Å². The molecule has 2 N–H and O–H groups in total. The first kappa shape index (κ1) is 16.3. The van der Waals surface area contributed by atoms with Crippen molar-refractivity contribution >= 4 is 6.03 Å². The molecular formula is C15H30N2O2. The van der Waals surface area contributed by atoms with E-state index in [4.69, 9.17) is 0 Å². The Hall–Kier alpha value is -0.770. The van der Waals surface area contributed by atoms with E-state index >= 15 is 0 Å². The van der Waals surface area contributed by atoms with Crippen LogP contribution in [0.1, 0.15) is 59.3 Å². The largest absolute Gasteiger partial charge is 0.389 e. The highest BCUT2D eigenvalue weighted by Gasteiger charge is 2.27. The summed E-state index contributed by atoms with van der Waals surface area (Å²) in [6.45, 7) is 6.78. The number of nitrogens with one attached hydrogen (secondary N) is 1. The number of carbonyl (C=O) groups is 1. The van der Waals surface area contributed by atoms with E-state index in [1.807, 2.05) is 0 Å². The Balaban J connectivity index is 2.40. The van der Waals surface area contributed by atoms with Gasteiger partial charge in [0.25, 0.3) is 0 Å². The predicted molar refractivity (Wildman–Crippen MR) is 78.1 cm³/mol. The van der Waals surface area contributed by atoms with Crippen molar-refractivity contribution in [1.82, 2.24) is 10.2 Å². The monoisotopic (exact) mass is 270 g/mol. The Morgan fingerprint density at radius 1 is 1.26 bits per heavy atom. The fourth-order valence-corrected chi connectivity index (χ4v) is 2.84. The second-order valence-electron chi connectivity index (χ2n) is 7.05. The zero-order valence-corrected chi connectivity index (χ0v) is 13.0. The van der Waals surface area contributed by atoms with Gasteiger partial charge in [-0.05, 0) is 32.1 Å². The Kier molecular flexibility index (Phi) is 5.65. The molecule has 0 atom stereocenters. The van der Waals surface area contributed by atoms with Crippen molar-refractivity contribution in [3.63, 3.8) is 0 Å². The molecule has 0 aromatic rings. The molecule has 0 heterocycles. The van der Waals surface area contributed by atoms with Crippen molar-refractivity contribution in [1.29, 1.82) is 0 Å². The quantitative estimate of drug-likeness (QED) is 0.772. The third-order valence-electron chi connectivity index (χ3n) is 3.95. The third kappa shape index (κ3) is 6.28. The zero-order valence-electron chi connectivity index (χ0n) is 13.0. The molecule has 0 aromatic heterocycles. The van der Waals surface area contributed by atoms with Crippen LogP contribution in [0.2, 0.25) is 0 Å². The standard InChI is InChI=1S/C15H30N2O2/c1-14(2,19)12-17(4)13(18)16-11-15(3)9-7-5-6-8-10-15/h19H,5-12H2,1-4H3,(H,16,18). The van der Waals surface area contributed by atoms with E-state index in [-0.39, 0.29) is 11.4 Å². The van der Waals surface area contributed by atoms with Crippen LogP contribution in [0.25, 0.3) is 0 Å². The fraction of sp³-hybridized carbons (Fsp3) is 0.933. The maximum atomic E-state index is 12.0. The molecule has 2 amide bonds. The summed E-state index contributed by atoms with van der Waals surface area (Å²) < 4.78 is 0. The molecule has 112 valence electrons. The van der Waals surface area contributed by atoms with Crippen molar-refractivity contribution in [3.05, 3.63) is 0 Å². The third-order valence-corrected chi connectivity index (χ3v) is 3.95. The summed E-state index contributed by atoms with van der Waals surface area (Å²) in [6.07, 6.45) is 7.58. The van der Waals surface area contributed by atoms with E-state index in [1.165, 1.54) is 38.5 Å². The van der Waals surface area contributed by atoms with Crippen molar-refractivity contribution < 1.29 is 9.90 Å². The molecule has 1 rings (SSSR count). The molecule has 19 heavy (non-hydrogen) atoms. The van der Waals surface area contributed by atoms with Gasteiger partial charge in [-0.15, -0.1) is 0 Å². The highest BCUT2D eigenvalue weighted by atomic mass is 16.3. The van der Waals surface area contributed by atoms with Crippen LogP contribution in [0.3, 0.4) is 0 Å². The summed E-state index contributed by atoms with van der Waals surface area (Å²) in [5, 5.41) is 12.7. The lowest BCUT2D eigenvalue weighted by molar-refractivity contribution is 0.0527. The molecule has 0 aliphatic heterocycles. The first-order valence-electron chi connectivity index (χ1n) is 7.43. The van der Waals surface area contributed by atoms with Crippen LogP contribution in [0.4, 0.5) is 4.79 Å². The summed E-state index contributed by atoms with van der Waals surface area (Å²) in [4.78, 5) is 13.6. The van der Waals surface area contributed by atoms with E-state index in [1.54, 1.807) is 25.8 Å². The minimum Gasteiger partial charge on any atom is -0.389 e. The van der Waals surface area contributed by atoms with Gasteiger partial charge in [0, 0.05) is 13.6 Å². The van der Waals surface area contributed by atoms with Crippen molar-refractivity contribution in [2.75, 3.05) is 20.1 Å². The molecule has 0 unspecified atom stereocenters. The van der Waals surface area contributed by atoms with Crippen molar-refractivity contribution in [3.8, 4) is 0 Å². The van der Waals surface area contributed by atoms with E-state index in [2.05, 4.69) is 12.2 Å². The van der Waals surface area contributed by atoms with Gasteiger partial charge < -0.3 is 15.3 Å². The van der Waals surface area contributed by atoms with Gasteiger partial charge in [0.2, 0.25) is 0 Å². The molecule has 0 spiro atoms. The average molecular weight is 270 g/mol. The van der Waals surface area contributed by atoms with Crippen molar-refractivity contribution in [2.45, 2.75) is 64.9 Å². The second kappa shape index (κ2) is 6.60. The highest BCUT2D eigenvalue weighted by molar-refractivity contribution is 5.73. The number of hydrogen-bond acceptors (Lipinski definition) is 2. The SMILES string of the molecule is CN(CC(C)(C)O)C(=O)NCC1(C)CCCCCC1. The van der Waals surface area contributed by atoms with Crippen LogP contribution in [-0.2, 0) is 0 Å². The topological polar surface area (TPSA) is 52.6 Å². The number of urea groups is 1. The molecule has 0 saturated heterocycles. The molecule has 0 radical (unpaired) electrons. The minimum atomic E-state index is -0.849. The molecule has 4 nitrogen and oxygen atoms in total. The molecule has 0 bridgehead atoms. The number of likely N-dealkylation sites (N-methyl/N-ethyl adjacent to an activating group) is 1. The number of nitrogens with zero attached hydrogens (tertiary/aromatic N) is 1. The normalized spacial score (nSPS) is 19.6. The lowest BCUT2D eigenvalue weighted by atomic mass is 9.82. The van der Waals surface area contributed by atoms with Gasteiger partial charge in [-0.3, -0.25) is 0 Å². The van der Waals surface area contributed by atoms with Crippen LogP contribution in [0.15, 0.2) is 0 Å². The van der Waals surface area contributed by atoms with E-state index in [0.29, 0.717) is 6.54 Å². The van der Waals surface area contributed by atoms with Gasteiger partial charge in [0.15, 0.2) is 0 Å². The summed E-state index contributed by atoms with van der Waals surface area (Å²) in [7, 11) is 1.72. The maximum Gasteiger partial charge on any atom is 0.317 e. The predicted octanol–water partition coefficient (Wildman–Crippen LogP) is 2.76. The van der Waals surface area contributed by atoms with Gasteiger partial charge in [-0.1, -0.05) is 32.6 Å². The zero-order chi connectivity index (χ0) is 14.5. The number of rotatable bonds is 4. The first-order chi connectivity index (χ1) is 8.72.